The SMILES string of the molecule is Cn1c(=O)c2cc(C(=O)N3CCC(OC4CCCC4)CC3)cnc2n(C)c1=O. The Bertz CT molecular complexity index is 1010. The molecule has 0 aromatic carbocycles. The Hall–Kier alpha value is -2.48. The van der Waals surface area contributed by atoms with Crippen LogP contribution in [0.15, 0.2) is 21.9 Å². The highest BCUT2D eigenvalue weighted by molar-refractivity contribution is 5.96. The lowest BCUT2D eigenvalue weighted by Gasteiger charge is -2.33. The zero-order valence-corrected chi connectivity index (χ0v) is 16.4. The summed E-state index contributed by atoms with van der Waals surface area (Å²) in [6, 6.07) is 1.55. The molecule has 28 heavy (non-hydrogen) atoms. The van der Waals surface area contributed by atoms with E-state index in [0.29, 0.717) is 24.8 Å². The van der Waals surface area contributed by atoms with Crippen LogP contribution < -0.4 is 11.2 Å². The summed E-state index contributed by atoms with van der Waals surface area (Å²) in [4.78, 5) is 43.4. The summed E-state index contributed by atoms with van der Waals surface area (Å²) in [5.74, 6) is -0.135. The molecular formula is C20H26N4O4. The number of pyridine rings is 1. The molecule has 4 rings (SSSR count). The minimum absolute atomic E-state index is 0.135. The van der Waals surface area contributed by atoms with E-state index in [1.54, 1.807) is 18.0 Å². The second kappa shape index (κ2) is 7.50. The number of fused-ring (bicyclic) bond motifs is 1. The number of aryl methyl sites for hydroxylation is 1. The third kappa shape index (κ3) is 3.37. The monoisotopic (exact) mass is 386 g/mol. The number of amides is 1. The Labute approximate surface area is 162 Å². The predicted molar refractivity (Wildman–Crippen MR) is 104 cm³/mol. The van der Waals surface area contributed by atoms with Gasteiger partial charge in [-0.05, 0) is 31.7 Å². The van der Waals surface area contributed by atoms with Crippen molar-refractivity contribution in [3.63, 3.8) is 0 Å². The summed E-state index contributed by atoms with van der Waals surface area (Å²) >= 11 is 0. The van der Waals surface area contributed by atoms with Gasteiger partial charge in [0.25, 0.3) is 11.5 Å². The van der Waals surface area contributed by atoms with Crippen LogP contribution in [-0.4, -0.2) is 50.2 Å². The first-order valence-corrected chi connectivity index (χ1v) is 9.96. The first kappa shape index (κ1) is 18.9. The summed E-state index contributed by atoms with van der Waals surface area (Å²) in [7, 11) is 2.99. The summed E-state index contributed by atoms with van der Waals surface area (Å²) in [5, 5.41) is 0.273. The van der Waals surface area contributed by atoms with Gasteiger partial charge in [0.15, 0.2) is 0 Å². The summed E-state index contributed by atoms with van der Waals surface area (Å²) in [6.07, 6.45) is 8.54. The molecule has 0 N–H and O–H groups in total. The first-order valence-electron chi connectivity index (χ1n) is 9.96. The molecule has 1 aliphatic carbocycles. The van der Waals surface area contributed by atoms with Gasteiger partial charge in [-0.1, -0.05) is 12.8 Å². The Morgan fingerprint density at radius 2 is 1.68 bits per heavy atom. The molecule has 1 aliphatic heterocycles. The first-order chi connectivity index (χ1) is 13.5. The normalized spacial score (nSPS) is 18.9. The van der Waals surface area contributed by atoms with Gasteiger partial charge < -0.3 is 9.64 Å². The van der Waals surface area contributed by atoms with Gasteiger partial charge in [0, 0.05) is 33.4 Å². The number of nitrogens with zero attached hydrogens (tertiary/aromatic N) is 4. The molecule has 0 bridgehead atoms. The molecule has 2 aromatic rings. The molecule has 150 valence electrons. The van der Waals surface area contributed by atoms with Crippen LogP contribution in [0.2, 0.25) is 0 Å². The minimum Gasteiger partial charge on any atom is -0.375 e. The molecule has 0 spiro atoms. The lowest BCUT2D eigenvalue weighted by Crippen LogP contribution is -2.42. The average Bonchev–Trinajstić information content (AvgIpc) is 3.23. The summed E-state index contributed by atoms with van der Waals surface area (Å²) in [5.41, 5.74) is -0.218. The van der Waals surface area contributed by atoms with Crippen LogP contribution in [0.25, 0.3) is 11.0 Å². The van der Waals surface area contributed by atoms with E-state index in [4.69, 9.17) is 4.74 Å². The molecule has 1 amide bonds. The maximum Gasteiger partial charge on any atom is 0.332 e. The van der Waals surface area contributed by atoms with Crippen molar-refractivity contribution >= 4 is 16.9 Å². The van der Waals surface area contributed by atoms with E-state index in [1.165, 1.54) is 30.7 Å². The Kier molecular flexibility index (Phi) is 5.05. The molecule has 0 radical (unpaired) electrons. The van der Waals surface area contributed by atoms with E-state index in [-0.39, 0.29) is 23.0 Å². The molecule has 1 saturated heterocycles. The topological polar surface area (TPSA) is 86.4 Å². The van der Waals surface area contributed by atoms with Crippen molar-refractivity contribution in [3.8, 4) is 0 Å². The lowest BCUT2D eigenvalue weighted by atomic mass is 10.1. The Morgan fingerprint density at radius 3 is 2.36 bits per heavy atom. The number of rotatable bonds is 3. The van der Waals surface area contributed by atoms with E-state index in [9.17, 15) is 14.4 Å². The second-order valence-corrected chi connectivity index (χ2v) is 7.84. The molecule has 0 atom stereocenters. The Balaban J connectivity index is 1.50. The zero-order valence-electron chi connectivity index (χ0n) is 16.4. The van der Waals surface area contributed by atoms with Crippen LogP contribution in [0.4, 0.5) is 0 Å². The van der Waals surface area contributed by atoms with Crippen molar-refractivity contribution < 1.29 is 9.53 Å². The average molecular weight is 386 g/mol. The van der Waals surface area contributed by atoms with E-state index in [2.05, 4.69) is 4.98 Å². The van der Waals surface area contributed by atoms with Crippen molar-refractivity contribution in [1.82, 2.24) is 19.0 Å². The van der Waals surface area contributed by atoms with E-state index >= 15 is 0 Å². The second-order valence-electron chi connectivity index (χ2n) is 7.84. The third-order valence-corrected chi connectivity index (χ3v) is 5.96. The lowest BCUT2D eigenvalue weighted by molar-refractivity contribution is -0.0357. The van der Waals surface area contributed by atoms with Gasteiger partial charge in [-0.2, -0.15) is 0 Å². The number of carbonyl (C=O) groups excluding carboxylic acids is 1. The quantitative estimate of drug-likeness (QED) is 0.791. The third-order valence-electron chi connectivity index (χ3n) is 5.96. The van der Waals surface area contributed by atoms with Crippen LogP contribution in [0, 0.1) is 0 Å². The van der Waals surface area contributed by atoms with Gasteiger partial charge in [-0.25, -0.2) is 9.78 Å². The fourth-order valence-corrected chi connectivity index (χ4v) is 4.26. The number of aromatic nitrogens is 3. The number of ether oxygens (including phenoxy) is 1. The molecule has 2 aromatic heterocycles. The van der Waals surface area contributed by atoms with E-state index in [1.807, 2.05) is 0 Å². The summed E-state index contributed by atoms with van der Waals surface area (Å²) in [6.45, 7) is 1.28. The number of hydrogen-bond donors (Lipinski definition) is 0. The van der Waals surface area contributed by atoms with Gasteiger partial charge >= 0.3 is 5.69 Å². The fourth-order valence-electron chi connectivity index (χ4n) is 4.26. The molecule has 8 nitrogen and oxygen atoms in total. The molecule has 8 heteroatoms. The highest BCUT2D eigenvalue weighted by Gasteiger charge is 2.27. The molecule has 2 aliphatic rings. The predicted octanol–water partition coefficient (Wildman–Crippen LogP) is 1.20. The van der Waals surface area contributed by atoms with Crippen LogP contribution in [0.3, 0.4) is 0 Å². The highest BCUT2D eigenvalue weighted by atomic mass is 16.5. The van der Waals surface area contributed by atoms with Crippen molar-refractivity contribution in [2.45, 2.75) is 50.7 Å². The van der Waals surface area contributed by atoms with Crippen molar-refractivity contribution in [2.24, 2.45) is 14.1 Å². The van der Waals surface area contributed by atoms with Gasteiger partial charge in [-0.15, -0.1) is 0 Å². The van der Waals surface area contributed by atoms with Crippen molar-refractivity contribution in [1.29, 1.82) is 0 Å². The Morgan fingerprint density at radius 1 is 1.04 bits per heavy atom. The fraction of sp³-hybridized carbons (Fsp3) is 0.600. The number of carbonyl (C=O) groups is 1. The molecule has 3 heterocycles. The highest BCUT2D eigenvalue weighted by Crippen LogP contribution is 2.26. The summed E-state index contributed by atoms with van der Waals surface area (Å²) < 4.78 is 8.52. The minimum atomic E-state index is -0.441. The number of likely N-dealkylation sites (tertiary alicyclic amines) is 1. The zero-order chi connectivity index (χ0) is 19.8. The van der Waals surface area contributed by atoms with E-state index in [0.717, 1.165) is 30.3 Å². The van der Waals surface area contributed by atoms with Gasteiger partial charge in [0.1, 0.15) is 5.65 Å². The van der Waals surface area contributed by atoms with Crippen LogP contribution in [-0.2, 0) is 18.8 Å². The van der Waals surface area contributed by atoms with Crippen LogP contribution in [0.5, 0.6) is 0 Å². The van der Waals surface area contributed by atoms with Gasteiger partial charge in [0.05, 0.1) is 23.2 Å². The molecular weight excluding hydrogens is 360 g/mol. The van der Waals surface area contributed by atoms with Gasteiger partial charge in [0.2, 0.25) is 0 Å². The molecule has 0 unspecified atom stereocenters. The maximum absolute atomic E-state index is 12.9. The van der Waals surface area contributed by atoms with Crippen LogP contribution in [0.1, 0.15) is 48.9 Å². The van der Waals surface area contributed by atoms with Gasteiger partial charge in [-0.3, -0.25) is 18.7 Å². The van der Waals surface area contributed by atoms with E-state index < -0.39 is 11.2 Å². The number of piperidine rings is 1. The molecule has 1 saturated carbocycles. The smallest absolute Gasteiger partial charge is 0.332 e. The molecule has 2 fully saturated rings. The van der Waals surface area contributed by atoms with Crippen molar-refractivity contribution in [3.05, 3.63) is 38.7 Å². The standard InChI is InChI=1S/C20H26N4O4/c1-22-17-16(19(26)23(2)20(22)27)11-13(12-21-17)18(25)24-9-7-15(8-10-24)28-14-5-3-4-6-14/h11-12,14-15H,3-10H2,1-2H3. The largest absolute Gasteiger partial charge is 0.375 e. The van der Waals surface area contributed by atoms with Crippen molar-refractivity contribution in [2.75, 3.05) is 13.1 Å². The number of hydrogen-bond acceptors (Lipinski definition) is 5. The maximum atomic E-state index is 12.9. The van der Waals surface area contributed by atoms with Crippen LogP contribution >= 0.6 is 0 Å².